The number of rotatable bonds is 5. The predicted molar refractivity (Wildman–Crippen MR) is 91.1 cm³/mol. The van der Waals surface area contributed by atoms with Crippen LogP contribution in [0.2, 0.25) is 5.02 Å². The Morgan fingerprint density at radius 2 is 1.92 bits per heavy atom. The second-order valence-electron chi connectivity index (χ2n) is 5.69. The van der Waals surface area contributed by atoms with Crippen molar-refractivity contribution in [2.24, 2.45) is 0 Å². The number of carboxylic acid groups (broad SMARTS) is 1. The van der Waals surface area contributed by atoms with Gasteiger partial charge in [0.05, 0.1) is 12.1 Å². The van der Waals surface area contributed by atoms with Crippen molar-refractivity contribution in [3.8, 4) is 0 Å². The molecule has 1 aliphatic rings. The number of amides is 2. The van der Waals surface area contributed by atoms with Crippen molar-refractivity contribution in [3.05, 3.63) is 59.1 Å². The lowest BCUT2D eigenvalue weighted by Gasteiger charge is -2.16. The average Bonchev–Trinajstić information content (AvgIpc) is 2.83. The van der Waals surface area contributed by atoms with Gasteiger partial charge in [-0.1, -0.05) is 29.8 Å². The fraction of sp³-hybridized carbons (Fsp3) is 0.167. The molecule has 1 fully saturated rings. The number of carbonyl (C=O) groups is 3. The van der Waals surface area contributed by atoms with E-state index in [1.165, 1.54) is 0 Å². The van der Waals surface area contributed by atoms with Crippen LogP contribution in [0.5, 0.6) is 0 Å². The number of carbonyl (C=O) groups excluding carboxylic acids is 3. The lowest BCUT2D eigenvalue weighted by atomic mass is 10.1. The molecule has 0 aliphatic carbocycles. The van der Waals surface area contributed by atoms with Gasteiger partial charge in [-0.2, -0.15) is 0 Å². The summed E-state index contributed by atoms with van der Waals surface area (Å²) in [5.41, 5.74) is 1.66. The molecular weight excluding hydrogens is 344 g/mol. The highest BCUT2D eigenvalue weighted by Crippen LogP contribution is 2.27. The van der Waals surface area contributed by atoms with E-state index in [-0.39, 0.29) is 24.7 Å². The van der Waals surface area contributed by atoms with E-state index in [0.717, 1.165) is 4.90 Å². The van der Waals surface area contributed by atoms with Crippen LogP contribution in [0.1, 0.15) is 12.0 Å². The molecule has 2 aromatic carbocycles. The number of halogens is 1. The highest BCUT2D eigenvalue weighted by atomic mass is 35.5. The molecule has 7 heteroatoms. The molecule has 6 nitrogen and oxygen atoms in total. The zero-order valence-electron chi connectivity index (χ0n) is 13.1. The number of hydrogen-bond donors (Lipinski definition) is 1. The lowest BCUT2D eigenvalue weighted by Crippen LogP contribution is -2.34. The van der Waals surface area contributed by atoms with Crippen LogP contribution >= 0.6 is 11.6 Å². The third kappa shape index (κ3) is 3.80. The van der Waals surface area contributed by atoms with Crippen LogP contribution in [0, 0.1) is 0 Å². The first kappa shape index (κ1) is 17.0. The third-order valence-electron chi connectivity index (χ3n) is 3.86. The van der Waals surface area contributed by atoms with E-state index in [1.807, 2.05) is 0 Å². The zero-order chi connectivity index (χ0) is 18.0. The largest absolute Gasteiger partial charge is 0.550 e. The Kier molecular flexibility index (Phi) is 4.72. The van der Waals surface area contributed by atoms with Gasteiger partial charge in [-0.25, -0.2) is 4.90 Å². The van der Waals surface area contributed by atoms with Gasteiger partial charge in [-0.15, -0.1) is 0 Å². The summed E-state index contributed by atoms with van der Waals surface area (Å²) in [5.74, 6) is -1.82. The molecule has 1 saturated heterocycles. The molecule has 2 aromatic rings. The van der Waals surface area contributed by atoms with Crippen LogP contribution in [0.15, 0.2) is 48.5 Å². The van der Waals surface area contributed by atoms with E-state index in [0.29, 0.717) is 22.0 Å². The number of hydrogen-bond acceptors (Lipinski definition) is 5. The summed E-state index contributed by atoms with van der Waals surface area (Å²) in [7, 11) is 0. The minimum absolute atomic E-state index is 0.0339. The van der Waals surface area contributed by atoms with Crippen molar-refractivity contribution in [3.63, 3.8) is 0 Å². The van der Waals surface area contributed by atoms with Crippen LogP contribution in [0.3, 0.4) is 0 Å². The molecule has 1 heterocycles. The van der Waals surface area contributed by atoms with Gasteiger partial charge >= 0.3 is 0 Å². The lowest BCUT2D eigenvalue weighted by molar-refractivity contribution is -0.304. The zero-order valence-corrected chi connectivity index (χ0v) is 13.8. The summed E-state index contributed by atoms with van der Waals surface area (Å²) >= 11 is 5.92. The van der Waals surface area contributed by atoms with Crippen LogP contribution in [0.25, 0.3) is 0 Å². The summed E-state index contributed by atoms with van der Waals surface area (Å²) < 4.78 is 0. The van der Waals surface area contributed by atoms with Crippen LogP contribution in [0.4, 0.5) is 11.4 Å². The van der Waals surface area contributed by atoms with Gasteiger partial charge in [0.1, 0.15) is 6.04 Å². The molecular formula is C18H14ClN2O4-. The maximum atomic E-state index is 12.6. The SMILES string of the molecule is O=C([O-])Cc1ccc(N[C@@H]2CC(=O)N(c3cccc(Cl)c3)C2=O)cc1. The van der Waals surface area contributed by atoms with Crippen molar-refractivity contribution < 1.29 is 19.5 Å². The van der Waals surface area contributed by atoms with Crippen molar-refractivity contribution in [2.45, 2.75) is 18.9 Å². The monoisotopic (exact) mass is 357 g/mol. The topological polar surface area (TPSA) is 89.5 Å². The molecule has 0 unspecified atom stereocenters. The van der Waals surface area contributed by atoms with Crippen molar-refractivity contribution in [1.29, 1.82) is 0 Å². The summed E-state index contributed by atoms with van der Waals surface area (Å²) in [4.78, 5) is 36.5. The van der Waals surface area contributed by atoms with E-state index in [9.17, 15) is 19.5 Å². The van der Waals surface area contributed by atoms with Gasteiger partial charge < -0.3 is 15.2 Å². The van der Waals surface area contributed by atoms with Gasteiger partial charge in [-0.05, 0) is 35.9 Å². The molecule has 25 heavy (non-hydrogen) atoms. The van der Waals surface area contributed by atoms with E-state index >= 15 is 0 Å². The molecule has 2 amide bonds. The number of aliphatic carboxylic acids is 1. The quantitative estimate of drug-likeness (QED) is 0.816. The second-order valence-corrected chi connectivity index (χ2v) is 6.13. The smallest absolute Gasteiger partial charge is 0.256 e. The van der Waals surface area contributed by atoms with Gasteiger partial charge in [0.15, 0.2) is 0 Å². The van der Waals surface area contributed by atoms with Crippen LogP contribution in [-0.4, -0.2) is 23.8 Å². The first-order valence-corrected chi connectivity index (χ1v) is 7.99. The number of benzene rings is 2. The molecule has 128 valence electrons. The average molecular weight is 358 g/mol. The highest BCUT2D eigenvalue weighted by Gasteiger charge is 2.39. The Labute approximate surface area is 149 Å². The molecule has 1 aliphatic heterocycles. The Hall–Kier alpha value is -2.86. The van der Waals surface area contributed by atoms with Crippen molar-refractivity contribution >= 4 is 40.8 Å². The minimum Gasteiger partial charge on any atom is -0.550 e. The van der Waals surface area contributed by atoms with Gasteiger partial charge in [0.2, 0.25) is 5.91 Å². The van der Waals surface area contributed by atoms with Gasteiger partial charge in [0.25, 0.3) is 5.91 Å². The number of nitrogens with zero attached hydrogens (tertiary/aromatic N) is 1. The van der Waals surface area contributed by atoms with Crippen molar-refractivity contribution in [2.75, 3.05) is 10.2 Å². The predicted octanol–water partition coefficient (Wildman–Crippen LogP) is 1.38. The third-order valence-corrected chi connectivity index (χ3v) is 4.09. The number of anilines is 2. The van der Waals surface area contributed by atoms with Crippen molar-refractivity contribution in [1.82, 2.24) is 0 Å². The number of nitrogens with one attached hydrogen (secondary N) is 1. The fourth-order valence-electron chi connectivity index (χ4n) is 2.72. The number of imide groups is 1. The van der Waals surface area contributed by atoms with Gasteiger partial charge in [-0.3, -0.25) is 9.59 Å². The molecule has 1 atom stereocenters. The Morgan fingerprint density at radius 3 is 2.56 bits per heavy atom. The van der Waals surface area contributed by atoms with E-state index in [2.05, 4.69) is 5.32 Å². The Bertz CT molecular complexity index is 835. The fourth-order valence-corrected chi connectivity index (χ4v) is 2.90. The number of carboxylic acids is 1. The molecule has 0 spiro atoms. The molecule has 0 aromatic heterocycles. The molecule has 0 bridgehead atoms. The Morgan fingerprint density at radius 1 is 1.20 bits per heavy atom. The van der Waals surface area contributed by atoms with Gasteiger partial charge in [0, 0.05) is 23.1 Å². The first-order valence-electron chi connectivity index (χ1n) is 7.62. The summed E-state index contributed by atoms with van der Waals surface area (Å²) in [6.45, 7) is 0. The van der Waals surface area contributed by atoms with E-state index in [1.54, 1.807) is 48.5 Å². The summed E-state index contributed by atoms with van der Waals surface area (Å²) in [5, 5.41) is 14.0. The Balaban J connectivity index is 1.73. The normalized spacial score (nSPS) is 17.0. The maximum Gasteiger partial charge on any atom is 0.256 e. The minimum atomic E-state index is -1.16. The second kappa shape index (κ2) is 6.94. The van der Waals surface area contributed by atoms with E-state index in [4.69, 9.17) is 11.6 Å². The maximum absolute atomic E-state index is 12.6. The summed E-state index contributed by atoms with van der Waals surface area (Å²) in [6.07, 6.45) is -0.143. The molecule has 3 rings (SSSR count). The van der Waals surface area contributed by atoms with E-state index < -0.39 is 12.0 Å². The standard InChI is InChI=1S/C18H15ClN2O4/c19-12-2-1-3-14(9-12)21-16(22)10-15(18(21)25)20-13-6-4-11(5-7-13)8-17(23)24/h1-7,9,15,20H,8,10H2,(H,23,24)/p-1/t15-/m1/s1. The molecule has 0 saturated carbocycles. The first-order chi connectivity index (χ1) is 11.9. The molecule has 1 N–H and O–H groups in total. The van der Waals surface area contributed by atoms with Crippen LogP contribution < -0.4 is 15.3 Å². The molecule has 0 radical (unpaired) electrons. The highest BCUT2D eigenvalue weighted by molar-refractivity contribution is 6.31. The summed E-state index contributed by atoms with van der Waals surface area (Å²) in [6, 6.07) is 12.5. The van der Waals surface area contributed by atoms with Crippen LogP contribution in [-0.2, 0) is 20.8 Å².